The number of amides is 1. The highest BCUT2D eigenvalue weighted by atomic mass is 16.6. The summed E-state index contributed by atoms with van der Waals surface area (Å²) >= 11 is 0. The molecule has 5 nitrogen and oxygen atoms in total. The third-order valence-electron chi connectivity index (χ3n) is 2.71. The highest BCUT2D eigenvalue weighted by molar-refractivity contribution is 6.00. The van der Waals surface area contributed by atoms with Gasteiger partial charge in [0.2, 0.25) is 0 Å². The average molecular weight is 236 g/mol. The molecular formula is C12H16N2O3. The van der Waals surface area contributed by atoms with E-state index >= 15 is 0 Å². The van der Waals surface area contributed by atoms with E-state index < -0.39 is 5.60 Å². The first kappa shape index (κ1) is 11.9. The molecule has 0 saturated carbocycles. The molecule has 1 aliphatic rings. The average Bonchev–Trinajstić information content (AvgIpc) is 2.27. The van der Waals surface area contributed by atoms with Gasteiger partial charge < -0.3 is 14.9 Å². The minimum absolute atomic E-state index is 0.141. The van der Waals surface area contributed by atoms with Crippen molar-refractivity contribution in [2.75, 3.05) is 11.9 Å². The molecule has 0 fully saturated rings. The fourth-order valence-electron chi connectivity index (χ4n) is 1.69. The summed E-state index contributed by atoms with van der Waals surface area (Å²) in [6.07, 6.45) is 0.697. The van der Waals surface area contributed by atoms with E-state index in [1.165, 1.54) is 0 Å². The van der Waals surface area contributed by atoms with Crippen LogP contribution in [0.1, 0.15) is 19.4 Å². The molecule has 0 saturated heterocycles. The van der Waals surface area contributed by atoms with Crippen molar-refractivity contribution < 1.29 is 14.4 Å². The molecule has 17 heavy (non-hydrogen) atoms. The number of benzene rings is 1. The van der Waals surface area contributed by atoms with Gasteiger partial charge in [0.05, 0.1) is 12.3 Å². The zero-order valence-corrected chi connectivity index (χ0v) is 9.95. The summed E-state index contributed by atoms with van der Waals surface area (Å²) in [4.78, 5) is 16.2. The first-order valence-corrected chi connectivity index (χ1v) is 5.48. The van der Waals surface area contributed by atoms with Crippen LogP contribution in [0.3, 0.4) is 0 Å². The zero-order valence-electron chi connectivity index (χ0n) is 9.95. The Balaban J connectivity index is 2.23. The number of ether oxygens (including phenoxy) is 1. The Morgan fingerprint density at radius 3 is 2.94 bits per heavy atom. The molecule has 1 aliphatic heterocycles. The molecule has 92 valence electrons. The van der Waals surface area contributed by atoms with Crippen molar-refractivity contribution >= 4 is 11.6 Å². The van der Waals surface area contributed by atoms with Crippen LogP contribution in [-0.2, 0) is 16.1 Å². The molecule has 5 heteroatoms. The Morgan fingerprint density at radius 2 is 2.24 bits per heavy atom. The van der Waals surface area contributed by atoms with Gasteiger partial charge in [-0.2, -0.15) is 0 Å². The quantitative estimate of drug-likeness (QED) is 0.774. The van der Waals surface area contributed by atoms with Crippen LogP contribution in [0.4, 0.5) is 5.69 Å². The second kappa shape index (κ2) is 4.35. The lowest BCUT2D eigenvalue weighted by Crippen LogP contribution is -2.45. The van der Waals surface area contributed by atoms with Gasteiger partial charge in [0.25, 0.3) is 5.91 Å². The molecule has 1 heterocycles. The van der Waals surface area contributed by atoms with Crippen molar-refractivity contribution in [1.29, 1.82) is 0 Å². The molecule has 0 radical (unpaired) electrons. The van der Waals surface area contributed by atoms with Gasteiger partial charge in [0, 0.05) is 0 Å². The molecule has 0 bridgehead atoms. The molecule has 1 aromatic carbocycles. The van der Waals surface area contributed by atoms with Crippen LogP contribution in [0.2, 0.25) is 0 Å². The maximum Gasteiger partial charge on any atom is 0.268 e. The van der Waals surface area contributed by atoms with Gasteiger partial charge in [-0.05, 0) is 38.0 Å². The monoisotopic (exact) mass is 236 g/mol. The van der Waals surface area contributed by atoms with Crippen LogP contribution in [0.15, 0.2) is 18.2 Å². The van der Waals surface area contributed by atoms with E-state index in [0.29, 0.717) is 24.5 Å². The third kappa shape index (κ3) is 2.40. The lowest BCUT2D eigenvalue weighted by atomic mass is 10.0. The number of carbonyl (C=O) groups is 1. The smallest absolute Gasteiger partial charge is 0.268 e. The summed E-state index contributed by atoms with van der Waals surface area (Å²) in [5, 5.41) is 2.83. The standard InChI is InChI=1S/C12H16N2O3/c1-12(2)11(15)14-9-7-8(5-6-16-13)3-4-10(9)17-12/h3-4,7H,5-6,13H2,1-2H3,(H,14,15). The molecule has 0 unspecified atom stereocenters. The van der Waals surface area contributed by atoms with Crippen molar-refractivity contribution in [2.24, 2.45) is 5.90 Å². The highest BCUT2D eigenvalue weighted by Crippen LogP contribution is 2.34. The van der Waals surface area contributed by atoms with E-state index in [4.69, 9.17) is 10.6 Å². The highest BCUT2D eigenvalue weighted by Gasteiger charge is 2.35. The Labute approximate surface area is 99.8 Å². The molecular weight excluding hydrogens is 220 g/mol. The minimum Gasteiger partial charge on any atom is -0.476 e. The summed E-state index contributed by atoms with van der Waals surface area (Å²) < 4.78 is 5.62. The second-order valence-electron chi connectivity index (χ2n) is 4.52. The predicted octanol–water partition coefficient (Wildman–Crippen LogP) is 1.23. The van der Waals surface area contributed by atoms with Crippen LogP contribution < -0.4 is 16.0 Å². The van der Waals surface area contributed by atoms with Crippen molar-refractivity contribution in [3.63, 3.8) is 0 Å². The van der Waals surface area contributed by atoms with E-state index in [2.05, 4.69) is 10.2 Å². The number of anilines is 1. The summed E-state index contributed by atoms with van der Waals surface area (Å²) in [6.45, 7) is 3.92. The lowest BCUT2D eigenvalue weighted by molar-refractivity contribution is -0.129. The van der Waals surface area contributed by atoms with Crippen molar-refractivity contribution in [2.45, 2.75) is 25.9 Å². The van der Waals surface area contributed by atoms with E-state index in [9.17, 15) is 4.79 Å². The molecule has 1 aromatic rings. The van der Waals surface area contributed by atoms with E-state index in [0.717, 1.165) is 5.56 Å². The molecule has 0 atom stereocenters. The summed E-state index contributed by atoms with van der Waals surface area (Å²) in [5.74, 6) is 5.52. The maximum absolute atomic E-state index is 11.7. The van der Waals surface area contributed by atoms with Crippen LogP contribution in [0.25, 0.3) is 0 Å². The first-order chi connectivity index (χ1) is 8.03. The molecule has 0 aliphatic carbocycles. The number of nitrogens with one attached hydrogen (secondary N) is 1. The van der Waals surface area contributed by atoms with E-state index in [1.807, 2.05) is 18.2 Å². The lowest BCUT2D eigenvalue weighted by Gasteiger charge is -2.31. The van der Waals surface area contributed by atoms with Gasteiger partial charge in [-0.3, -0.25) is 4.79 Å². The van der Waals surface area contributed by atoms with Crippen LogP contribution in [0, 0.1) is 0 Å². The number of hydrogen-bond acceptors (Lipinski definition) is 4. The number of fused-ring (bicyclic) bond motifs is 1. The predicted molar refractivity (Wildman–Crippen MR) is 63.6 cm³/mol. The first-order valence-electron chi connectivity index (χ1n) is 5.48. The normalized spacial score (nSPS) is 17.0. The molecule has 3 N–H and O–H groups in total. The van der Waals surface area contributed by atoms with E-state index in [1.54, 1.807) is 13.8 Å². The second-order valence-corrected chi connectivity index (χ2v) is 4.52. The molecule has 0 spiro atoms. The van der Waals surface area contributed by atoms with Gasteiger partial charge in [-0.1, -0.05) is 6.07 Å². The van der Waals surface area contributed by atoms with Crippen LogP contribution in [0.5, 0.6) is 5.75 Å². The number of rotatable bonds is 3. The SMILES string of the molecule is CC1(C)Oc2ccc(CCON)cc2NC1=O. The Bertz CT molecular complexity index is 443. The van der Waals surface area contributed by atoms with Crippen LogP contribution >= 0.6 is 0 Å². The van der Waals surface area contributed by atoms with Crippen molar-refractivity contribution in [3.05, 3.63) is 23.8 Å². The van der Waals surface area contributed by atoms with Crippen molar-refractivity contribution in [3.8, 4) is 5.75 Å². The number of carbonyl (C=O) groups excluding carboxylic acids is 1. The summed E-state index contributed by atoms with van der Waals surface area (Å²) in [6, 6.07) is 5.66. The minimum atomic E-state index is -0.825. The third-order valence-corrected chi connectivity index (χ3v) is 2.71. The Hall–Kier alpha value is -1.59. The van der Waals surface area contributed by atoms with Gasteiger partial charge >= 0.3 is 0 Å². The fourth-order valence-corrected chi connectivity index (χ4v) is 1.69. The summed E-state index contributed by atoms with van der Waals surface area (Å²) in [5.41, 5.74) is 0.913. The van der Waals surface area contributed by atoms with Gasteiger partial charge in [-0.15, -0.1) is 0 Å². The van der Waals surface area contributed by atoms with Crippen molar-refractivity contribution in [1.82, 2.24) is 0 Å². The summed E-state index contributed by atoms with van der Waals surface area (Å²) in [7, 11) is 0. The zero-order chi connectivity index (χ0) is 12.5. The van der Waals surface area contributed by atoms with Crippen LogP contribution in [-0.4, -0.2) is 18.1 Å². The molecule has 1 amide bonds. The van der Waals surface area contributed by atoms with Gasteiger partial charge in [0.15, 0.2) is 5.60 Å². The number of nitrogens with two attached hydrogens (primary N) is 1. The Kier molecular flexibility index (Phi) is 3.04. The van der Waals surface area contributed by atoms with E-state index in [-0.39, 0.29) is 5.91 Å². The molecule has 2 rings (SSSR count). The fraction of sp³-hybridized carbons (Fsp3) is 0.417. The topological polar surface area (TPSA) is 73.6 Å². The van der Waals surface area contributed by atoms with Gasteiger partial charge in [0.1, 0.15) is 5.75 Å². The maximum atomic E-state index is 11.7. The van der Waals surface area contributed by atoms with Gasteiger partial charge in [-0.25, -0.2) is 5.90 Å². The number of hydrogen-bond donors (Lipinski definition) is 2. The molecule has 0 aromatic heterocycles. The Morgan fingerprint density at radius 1 is 1.47 bits per heavy atom. The largest absolute Gasteiger partial charge is 0.476 e.